The number of benzene rings is 1. The van der Waals surface area contributed by atoms with Gasteiger partial charge >= 0.3 is 5.97 Å². The summed E-state index contributed by atoms with van der Waals surface area (Å²) in [5.74, 6) is 2.04. The van der Waals surface area contributed by atoms with Crippen LogP contribution in [0.1, 0.15) is 31.7 Å². The van der Waals surface area contributed by atoms with Crippen molar-refractivity contribution in [2.75, 3.05) is 27.8 Å². The minimum absolute atomic E-state index is 0.0257. The summed E-state index contributed by atoms with van der Waals surface area (Å²) in [6.45, 7) is 2.47. The molecule has 0 aromatic heterocycles. The number of esters is 1. The highest BCUT2D eigenvalue weighted by molar-refractivity contribution is 5.67. The summed E-state index contributed by atoms with van der Waals surface area (Å²) in [4.78, 5) is 13.6. The van der Waals surface area contributed by atoms with E-state index in [1.165, 1.54) is 12.5 Å². The second-order valence-electron chi connectivity index (χ2n) is 6.63. The van der Waals surface area contributed by atoms with Crippen LogP contribution in [0.25, 0.3) is 0 Å². The summed E-state index contributed by atoms with van der Waals surface area (Å²) in [6.07, 6.45) is 4.93. The summed E-state index contributed by atoms with van der Waals surface area (Å²) in [6, 6.07) is 6.43. The normalized spacial score (nSPS) is 26.5. The lowest BCUT2D eigenvalue weighted by molar-refractivity contribution is -0.137. The van der Waals surface area contributed by atoms with Crippen molar-refractivity contribution >= 4 is 5.97 Å². The van der Waals surface area contributed by atoms with Crippen LogP contribution in [-0.2, 0) is 14.9 Å². The first-order valence-electron chi connectivity index (χ1n) is 8.32. The van der Waals surface area contributed by atoms with E-state index < -0.39 is 0 Å². The summed E-state index contributed by atoms with van der Waals surface area (Å²) in [5.41, 5.74) is 1.28. The summed E-state index contributed by atoms with van der Waals surface area (Å²) >= 11 is 0. The first-order valence-corrected chi connectivity index (χ1v) is 8.32. The Balaban J connectivity index is 2.00. The molecule has 0 spiro atoms. The molecule has 1 saturated heterocycles. The number of likely N-dealkylation sites (N-methyl/N-ethyl adjacent to an activating group) is 1. The number of hydrogen-bond acceptors (Lipinski definition) is 5. The zero-order valence-electron chi connectivity index (χ0n) is 14.8. The topological polar surface area (TPSA) is 48.0 Å². The number of fused-ring (bicyclic) bond motifs is 1. The Morgan fingerprint density at radius 2 is 1.96 bits per heavy atom. The number of likely N-dealkylation sites (tertiary alicyclic amines) is 1. The Kier molecular flexibility index (Phi) is 4.54. The third-order valence-corrected chi connectivity index (χ3v) is 5.35. The number of allylic oxidation sites excluding steroid dienone is 1. The van der Waals surface area contributed by atoms with Gasteiger partial charge in [-0.15, -0.1) is 0 Å². The van der Waals surface area contributed by atoms with Crippen LogP contribution in [0.4, 0.5) is 0 Å². The second-order valence-corrected chi connectivity index (χ2v) is 6.63. The maximum absolute atomic E-state index is 11.3. The number of ether oxygens (including phenoxy) is 3. The fraction of sp³-hybridized carbons (Fsp3) is 0.526. The van der Waals surface area contributed by atoms with E-state index in [-0.39, 0.29) is 17.4 Å². The first-order chi connectivity index (χ1) is 11.5. The molecule has 2 aliphatic rings. The van der Waals surface area contributed by atoms with Crippen molar-refractivity contribution in [2.45, 2.75) is 37.6 Å². The van der Waals surface area contributed by atoms with Gasteiger partial charge in [-0.1, -0.05) is 6.07 Å². The molecule has 0 bridgehead atoms. The quantitative estimate of drug-likeness (QED) is 0.794. The number of hydrogen-bond donors (Lipinski definition) is 0. The van der Waals surface area contributed by atoms with E-state index in [9.17, 15) is 4.79 Å². The van der Waals surface area contributed by atoms with E-state index in [2.05, 4.69) is 30.2 Å². The molecule has 0 amide bonds. The number of methoxy groups -OCH3 is 2. The Hall–Kier alpha value is -2.01. The van der Waals surface area contributed by atoms with E-state index in [4.69, 9.17) is 14.2 Å². The van der Waals surface area contributed by atoms with Crippen LogP contribution in [0.2, 0.25) is 0 Å². The molecule has 5 heteroatoms. The van der Waals surface area contributed by atoms with Crippen LogP contribution in [0.5, 0.6) is 11.5 Å². The van der Waals surface area contributed by atoms with Gasteiger partial charge in [-0.3, -0.25) is 9.69 Å². The zero-order valence-corrected chi connectivity index (χ0v) is 14.8. The van der Waals surface area contributed by atoms with Gasteiger partial charge in [0.15, 0.2) is 11.5 Å². The number of nitrogens with zero attached hydrogens (tertiary/aromatic N) is 1. The molecule has 2 unspecified atom stereocenters. The number of rotatable bonds is 4. The van der Waals surface area contributed by atoms with Gasteiger partial charge in [0.2, 0.25) is 0 Å². The molecule has 0 N–H and O–H groups in total. The van der Waals surface area contributed by atoms with Crippen LogP contribution in [-0.4, -0.2) is 44.7 Å². The third-order valence-electron chi connectivity index (χ3n) is 5.35. The average Bonchev–Trinajstić information content (AvgIpc) is 2.91. The fourth-order valence-electron chi connectivity index (χ4n) is 4.13. The van der Waals surface area contributed by atoms with Gasteiger partial charge in [0, 0.05) is 24.8 Å². The molecular formula is C19H25NO4. The molecule has 0 saturated carbocycles. The number of carbonyl (C=O) groups is 1. The smallest absolute Gasteiger partial charge is 0.307 e. The van der Waals surface area contributed by atoms with Gasteiger partial charge in [-0.2, -0.15) is 0 Å². The van der Waals surface area contributed by atoms with Gasteiger partial charge in [-0.25, -0.2) is 0 Å². The Bertz CT molecular complexity index is 669. The molecule has 1 fully saturated rings. The monoisotopic (exact) mass is 331 g/mol. The first kappa shape index (κ1) is 16.8. The molecule has 5 nitrogen and oxygen atoms in total. The molecule has 1 aliphatic heterocycles. The zero-order chi connectivity index (χ0) is 17.3. The molecule has 1 heterocycles. The number of carbonyl (C=O) groups excluding carboxylic acids is 1. The van der Waals surface area contributed by atoms with E-state index >= 15 is 0 Å². The van der Waals surface area contributed by atoms with E-state index in [0.717, 1.165) is 43.1 Å². The molecule has 2 atom stereocenters. The fourth-order valence-corrected chi connectivity index (χ4v) is 4.13. The highest BCUT2D eigenvalue weighted by atomic mass is 16.5. The lowest BCUT2D eigenvalue weighted by atomic mass is 9.68. The standard InChI is InChI=1S/C19H25NO4/c1-13(21)24-15-7-8-19(9-10-20(2)18(19)12-15)14-5-6-16(22-3)17(11-14)23-4/h5-6,11-12,18H,7-10H2,1-4H3. The maximum atomic E-state index is 11.3. The largest absolute Gasteiger partial charge is 0.493 e. The highest BCUT2D eigenvalue weighted by Crippen LogP contribution is 2.49. The van der Waals surface area contributed by atoms with E-state index in [1.807, 2.05) is 6.07 Å². The Morgan fingerprint density at radius 3 is 2.62 bits per heavy atom. The summed E-state index contributed by atoms with van der Waals surface area (Å²) in [5, 5.41) is 0. The summed E-state index contributed by atoms with van der Waals surface area (Å²) in [7, 11) is 5.44. The molecule has 1 aliphatic carbocycles. The van der Waals surface area contributed by atoms with E-state index in [0.29, 0.717) is 0 Å². The van der Waals surface area contributed by atoms with Crippen LogP contribution in [0.3, 0.4) is 0 Å². The van der Waals surface area contributed by atoms with E-state index in [1.54, 1.807) is 14.2 Å². The van der Waals surface area contributed by atoms with Crippen molar-refractivity contribution < 1.29 is 19.0 Å². The SMILES string of the molecule is COc1ccc(C23CCC(OC(C)=O)=CC2N(C)CC3)cc1OC. The second kappa shape index (κ2) is 6.48. The van der Waals surface area contributed by atoms with Gasteiger partial charge in [0.05, 0.1) is 14.2 Å². The predicted molar refractivity (Wildman–Crippen MR) is 91.3 cm³/mol. The molecule has 24 heavy (non-hydrogen) atoms. The van der Waals surface area contributed by atoms with Crippen LogP contribution in [0.15, 0.2) is 30.0 Å². The van der Waals surface area contributed by atoms with Gasteiger partial charge < -0.3 is 14.2 Å². The van der Waals surface area contributed by atoms with Crippen LogP contribution >= 0.6 is 0 Å². The van der Waals surface area contributed by atoms with Crippen molar-refractivity contribution in [2.24, 2.45) is 0 Å². The Labute approximate surface area is 143 Å². The highest BCUT2D eigenvalue weighted by Gasteiger charge is 2.48. The van der Waals surface area contributed by atoms with Crippen molar-refractivity contribution in [1.29, 1.82) is 0 Å². The third kappa shape index (κ3) is 2.77. The van der Waals surface area contributed by atoms with Gasteiger partial charge in [0.1, 0.15) is 5.76 Å². The molecule has 1 aromatic carbocycles. The van der Waals surface area contributed by atoms with Crippen molar-refractivity contribution in [3.63, 3.8) is 0 Å². The molecule has 3 rings (SSSR count). The van der Waals surface area contributed by atoms with Gasteiger partial charge in [0.25, 0.3) is 0 Å². The molecule has 130 valence electrons. The minimum atomic E-state index is -0.250. The average molecular weight is 331 g/mol. The summed E-state index contributed by atoms with van der Waals surface area (Å²) < 4.78 is 16.2. The van der Waals surface area contributed by atoms with Crippen LogP contribution < -0.4 is 9.47 Å². The Morgan fingerprint density at radius 1 is 1.21 bits per heavy atom. The van der Waals surface area contributed by atoms with Crippen LogP contribution in [0, 0.1) is 0 Å². The lowest BCUT2D eigenvalue weighted by Gasteiger charge is -2.40. The minimum Gasteiger partial charge on any atom is -0.493 e. The maximum Gasteiger partial charge on any atom is 0.307 e. The predicted octanol–water partition coefficient (Wildman–Crippen LogP) is 2.89. The van der Waals surface area contributed by atoms with Crippen molar-refractivity contribution in [3.05, 3.63) is 35.6 Å². The van der Waals surface area contributed by atoms with Gasteiger partial charge in [-0.05, 0) is 50.2 Å². The lowest BCUT2D eigenvalue weighted by Crippen LogP contribution is -2.42. The van der Waals surface area contributed by atoms with Crippen molar-refractivity contribution in [1.82, 2.24) is 4.90 Å². The molecule has 0 radical (unpaired) electrons. The van der Waals surface area contributed by atoms with Crippen molar-refractivity contribution in [3.8, 4) is 11.5 Å². The molecule has 1 aromatic rings. The molecular weight excluding hydrogens is 306 g/mol.